The zero-order chi connectivity index (χ0) is 21.0. The largest absolute Gasteiger partial charge is 0.503 e. The molecule has 1 atom stereocenters. The predicted octanol–water partition coefficient (Wildman–Crippen LogP) is 3.97. The van der Waals surface area contributed by atoms with Crippen molar-refractivity contribution in [2.75, 3.05) is 13.7 Å². The Balaban J connectivity index is 2.02. The monoisotopic (exact) mass is 395 g/mol. The van der Waals surface area contributed by atoms with E-state index in [0.29, 0.717) is 18.1 Å². The van der Waals surface area contributed by atoms with Gasteiger partial charge in [0.1, 0.15) is 11.5 Å². The van der Waals surface area contributed by atoms with Crippen molar-refractivity contribution in [2.45, 2.75) is 32.9 Å². The first-order valence-electron chi connectivity index (χ1n) is 9.63. The fourth-order valence-electron chi connectivity index (χ4n) is 3.51. The Bertz CT molecular complexity index is 933. The molecule has 29 heavy (non-hydrogen) atoms. The summed E-state index contributed by atoms with van der Waals surface area (Å²) in [5.41, 5.74) is 1.72. The first-order chi connectivity index (χ1) is 14.0. The van der Waals surface area contributed by atoms with E-state index in [1.54, 1.807) is 14.0 Å². The van der Waals surface area contributed by atoms with Crippen molar-refractivity contribution in [3.63, 3.8) is 0 Å². The zero-order valence-corrected chi connectivity index (χ0v) is 16.8. The summed E-state index contributed by atoms with van der Waals surface area (Å²) in [4.78, 5) is 27.0. The van der Waals surface area contributed by atoms with Crippen LogP contribution in [0.25, 0.3) is 0 Å². The second-order valence-corrected chi connectivity index (χ2v) is 6.73. The standard InChI is InChI=1S/C23H25NO5/c1-4-19(25)20-21(16-7-6-8-18(13-16)29-5-2)24(23(27)22(20)26)14-15-9-11-17(28-3)12-10-15/h6-13,21,26H,4-5,14H2,1-3H3. The lowest BCUT2D eigenvalue weighted by Crippen LogP contribution is -2.30. The van der Waals surface area contributed by atoms with E-state index in [1.165, 1.54) is 4.90 Å². The minimum atomic E-state index is -0.669. The van der Waals surface area contributed by atoms with Gasteiger partial charge in [-0.3, -0.25) is 9.59 Å². The molecule has 1 amide bonds. The molecule has 0 fully saturated rings. The molecule has 1 unspecified atom stereocenters. The van der Waals surface area contributed by atoms with E-state index in [9.17, 15) is 14.7 Å². The number of amides is 1. The Labute approximate surface area is 170 Å². The fourth-order valence-corrected chi connectivity index (χ4v) is 3.51. The molecule has 1 N–H and O–H groups in total. The number of methoxy groups -OCH3 is 1. The molecule has 1 aliphatic heterocycles. The smallest absolute Gasteiger partial charge is 0.290 e. The van der Waals surface area contributed by atoms with Crippen LogP contribution in [0, 0.1) is 0 Å². The summed E-state index contributed by atoms with van der Waals surface area (Å²) in [7, 11) is 1.59. The van der Waals surface area contributed by atoms with Crippen LogP contribution in [0.4, 0.5) is 0 Å². The normalized spacial score (nSPS) is 16.3. The van der Waals surface area contributed by atoms with Crippen LogP contribution in [0.5, 0.6) is 11.5 Å². The average molecular weight is 395 g/mol. The van der Waals surface area contributed by atoms with Gasteiger partial charge in [-0.25, -0.2) is 0 Å². The lowest BCUT2D eigenvalue weighted by molar-refractivity contribution is -0.130. The highest BCUT2D eigenvalue weighted by Crippen LogP contribution is 2.40. The van der Waals surface area contributed by atoms with Gasteiger partial charge in [0.2, 0.25) is 0 Å². The first-order valence-corrected chi connectivity index (χ1v) is 9.63. The van der Waals surface area contributed by atoms with E-state index in [0.717, 1.165) is 11.1 Å². The number of ether oxygens (including phenoxy) is 2. The number of Topliss-reactive ketones (excluding diaryl/α,β-unsaturated/α-hetero) is 1. The molecule has 0 aromatic heterocycles. The number of hydrogen-bond donors (Lipinski definition) is 1. The van der Waals surface area contributed by atoms with Gasteiger partial charge in [0, 0.05) is 13.0 Å². The quantitative estimate of drug-likeness (QED) is 0.732. The third kappa shape index (κ3) is 4.11. The molecule has 6 nitrogen and oxygen atoms in total. The summed E-state index contributed by atoms with van der Waals surface area (Å²) < 4.78 is 10.8. The molecule has 0 bridgehead atoms. The van der Waals surface area contributed by atoms with Crippen LogP contribution in [0.1, 0.15) is 37.4 Å². The summed E-state index contributed by atoms with van der Waals surface area (Å²) in [6.07, 6.45) is 0.199. The predicted molar refractivity (Wildman–Crippen MR) is 109 cm³/mol. The lowest BCUT2D eigenvalue weighted by Gasteiger charge is -2.27. The molecule has 0 saturated heterocycles. The topological polar surface area (TPSA) is 76.1 Å². The molecule has 6 heteroatoms. The van der Waals surface area contributed by atoms with Gasteiger partial charge in [-0.05, 0) is 42.3 Å². The van der Waals surface area contributed by atoms with Gasteiger partial charge in [0.05, 0.1) is 25.3 Å². The highest BCUT2D eigenvalue weighted by Gasteiger charge is 2.43. The second kappa shape index (κ2) is 8.82. The lowest BCUT2D eigenvalue weighted by atomic mass is 9.94. The van der Waals surface area contributed by atoms with Crippen LogP contribution in [-0.4, -0.2) is 35.4 Å². The number of hydrogen-bond acceptors (Lipinski definition) is 5. The van der Waals surface area contributed by atoms with E-state index in [4.69, 9.17) is 9.47 Å². The third-order valence-electron chi connectivity index (χ3n) is 4.92. The maximum Gasteiger partial charge on any atom is 0.290 e. The van der Waals surface area contributed by atoms with Gasteiger partial charge in [-0.2, -0.15) is 0 Å². The summed E-state index contributed by atoms with van der Waals surface area (Å²) in [5, 5.41) is 10.5. The Hall–Kier alpha value is -3.28. The molecule has 0 radical (unpaired) electrons. The number of aliphatic hydroxyl groups is 1. The van der Waals surface area contributed by atoms with Gasteiger partial charge in [-0.15, -0.1) is 0 Å². The average Bonchev–Trinajstić information content (AvgIpc) is 2.99. The highest BCUT2D eigenvalue weighted by molar-refractivity contribution is 6.08. The fraction of sp³-hybridized carbons (Fsp3) is 0.304. The number of nitrogens with zero attached hydrogens (tertiary/aromatic N) is 1. The van der Waals surface area contributed by atoms with Gasteiger partial charge >= 0.3 is 0 Å². The van der Waals surface area contributed by atoms with Crippen molar-refractivity contribution >= 4 is 11.7 Å². The molecule has 0 aliphatic carbocycles. The van der Waals surface area contributed by atoms with Crippen molar-refractivity contribution in [3.8, 4) is 11.5 Å². The minimum absolute atomic E-state index is 0.139. The first kappa shape index (κ1) is 20.5. The number of benzene rings is 2. The molecule has 2 aromatic carbocycles. The van der Waals surface area contributed by atoms with Crippen LogP contribution in [-0.2, 0) is 16.1 Å². The molecule has 152 valence electrons. The van der Waals surface area contributed by atoms with E-state index in [2.05, 4.69) is 0 Å². The summed E-state index contributed by atoms with van der Waals surface area (Å²) >= 11 is 0. The molecule has 0 saturated carbocycles. The zero-order valence-electron chi connectivity index (χ0n) is 16.8. The Morgan fingerprint density at radius 3 is 2.45 bits per heavy atom. The maximum atomic E-state index is 12.9. The molecule has 0 spiro atoms. The number of ketones is 1. The number of rotatable bonds is 8. The summed E-state index contributed by atoms with van der Waals surface area (Å²) in [5.74, 6) is 0.0864. The van der Waals surface area contributed by atoms with Crippen LogP contribution >= 0.6 is 0 Å². The van der Waals surface area contributed by atoms with Gasteiger partial charge < -0.3 is 19.5 Å². The molecular formula is C23H25NO5. The van der Waals surface area contributed by atoms with E-state index < -0.39 is 17.7 Å². The maximum absolute atomic E-state index is 12.9. The number of aliphatic hydroxyl groups excluding tert-OH is 1. The van der Waals surface area contributed by atoms with Crippen molar-refractivity contribution in [2.24, 2.45) is 0 Å². The summed E-state index contributed by atoms with van der Waals surface area (Å²) in [6.45, 7) is 4.35. The van der Waals surface area contributed by atoms with Crippen LogP contribution < -0.4 is 9.47 Å². The second-order valence-electron chi connectivity index (χ2n) is 6.73. The number of carbonyl (C=O) groups excluding carboxylic acids is 2. The molecule has 1 heterocycles. The highest BCUT2D eigenvalue weighted by atomic mass is 16.5. The van der Waals surface area contributed by atoms with Gasteiger partial charge in [0.15, 0.2) is 11.5 Å². The van der Waals surface area contributed by atoms with Crippen LogP contribution in [0.3, 0.4) is 0 Å². The van der Waals surface area contributed by atoms with Crippen molar-refractivity contribution in [1.82, 2.24) is 4.90 Å². The Morgan fingerprint density at radius 2 is 1.83 bits per heavy atom. The molecular weight excluding hydrogens is 370 g/mol. The van der Waals surface area contributed by atoms with Crippen LogP contribution in [0.15, 0.2) is 59.9 Å². The Morgan fingerprint density at radius 1 is 1.10 bits per heavy atom. The van der Waals surface area contributed by atoms with E-state index in [-0.39, 0.29) is 24.3 Å². The number of carbonyl (C=O) groups is 2. The van der Waals surface area contributed by atoms with Gasteiger partial charge in [0.25, 0.3) is 5.91 Å². The van der Waals surface area contributed by atoms with Crippen molar-refractivity contribution < 1.29 is 24.2 Å². The Kier molecular flexibility index (Phi) is 6.22. The summed E-state index contributed by atoms with van der Waals surface area (Å²) in [6, 6.07) is 14.0. The van der Waals surface area contributed by atoms with E-state index in [1.807, 2.05) is 55.5 Å². The van der Waals surface area contributed by atoms with Crippen molar-refractivity contribution in [1.29, 1.82) is 0 Å². The van der Waals surface area contributed by atoms with Crippen LogP contribution in [0.2, 0.25) is 0 Å². The van der Waals surface area contributed by atoms with E-state index >= 15 is 0 Å². The SMILES string of the molecule is CCOc1cccc(C2C(C(=O)CC)=C(O)C(=O)N2Cc2ccc(OC)cc2)c1. The molecule has 2 aromatic rings. The minimum Gasteiger partial charge on any atom is -0.503 e. The molecule has 3 rings (SSSR count). The third-order valence-corrected chi connectivity index (χ3v) is 4.92. The van der Waals surface area contributed by atoms with Crippen molar-refractivity contribution in [3.05, 3.63) is 71.0 Å². The molecule has 1 aliphatic rings. The van der Waals surface area contributed by atoms with Gasteiger partial charge in [-0.1, -0.05) is 31.2 Å².